The summed E-state index contributed by atoms with van der Waals surface area (Å²) >= 11 is 11.2. The molecular weight excluding hydrogens is 361 g/mol. The minimum absolute atomic E-state index is 0.136. The Labute approximate surface area is 146 Å². The number of halogens is 4. The Morgan fingerprint density at radius 2 is 1.17 bits per heavy atom. The average Bonchev–Trinajstić information content (AvgIpc) is 2.53. The third-order valence-corrected chi connectivity index (χ3v) is 3.34. The van der Waals surface area contributed by atoms with E-state index in [0.717, 1.165) is 24.3 Å². The molecule has 2 aromatic rings. The summed E-state index contributed by atoms with van der Waals surface area (Å²) in [6.45, 7) is 0. The number of rotatable bonds is 4. The monoisotopic (exact) mass is 370 g/mol. The van der Waals surface area contributed by atoms with E-state index >= 15 is 0 Å². The summed E-state index contributed by atoms with van der Waals surface area (Å²) in [5, 5.41) is 4.56. The van der Waals surface area contributed by atoms with Gasteiger partial charge in [0, 0.05) is 23.5 Å². The van der Waals surface area contributed by atoms with E-state index in [1.165, 1.54) is 24.3 Å². The van der Waals surface area contributed by atoms with Gasteiger partial charge in [-0.15, -0.1) is 0 Å². The molecule has 0 fully saturated rings. The molecule has 0 unspecified atom stereocenters. The minimum atomic E-state index is -0.609. The number of anilines is 2. The highest BCUT2D eigenvalue weighted by Gasteiger charge is 2.05. The molecule has 0 aromatic heterocycles. The first kappa shape index (κ1) is 17.9. The predicted molar refractivity (Wildman–Crippen MR) is 89.2 cm³/mol. The van der Waals surface area contributed by atoms with Gasteiger partial charge in [-0.1, -0.05) is 23.2 Å². The van der Waals surface area contributed by atoms with Crippen molar-refractivity contribution in [2.45, 2.75) is 0 Å². The molecule has 124 valence electrons. The Balaban J connectivity index is 1.93. The van der Waals surface area contributed by atoms with Crippen LogP contribution in [0.25, 0.3) is 0 Å². The molecule has 2 aromatic carbocycles. The Morgan fingerprint density at radius 1 is 0.792 bits per heavy atom. The maximum absolute atomic E-state index is 13.0. The zero-order valence-corrected chi connectivity index (χ0v) is 13.5. The summed E-state index contributed by atoms with van der Waals surface area (Å²) in [4.78, 5) is 23.4. The maximum atomic E-state index is 13.0. The molecule has 8 heteroatoms. The van der Waals surface area contributed by atoms with Crippen LogP contribution in [-0.2, 0) is 9.59 Å². The molecule has 0 aliphatic rings. The van der Waals surface area contributed by atoms with Crippen molar-refractivity contribution >= 4 is 46.4 Å². The summed E-state index contributed by atoms with van der Waals surface area (Å²) in [6.07, 6.45) is 1.97. The van der Waals surface area contributed by atoms with E-state index in [1.54, 1.807) is 0 Å². The van der Waals surface area contributed by atoms with Crippen molar-refractivity contribution in [2.75, 3.05) is 10.6 Å². The molecule has 0 atom stereocenters. The van der Waals surface area contributed by atoms with Gasteiger partial charge in [0.15, 0.2) is 0 Å². The normalized spacial score (nSPS) is 10.7. The minimum Gasteiger partial charge on any atom is -0.322 e. The standard InChI is InChI=1S/C16H10Cl2F2N2O2/c17-11-7-9(1-3-13(11)19)21-15(23)5-6-16(24)22-10-2-4-14(20)12(18)8-10/h1-8H,(H,21,23)(H,22,24)/b6-5+. The van der Waals surface area contributed by atoms with Crippen LogP contribution in [0.5, 0.6) is 0 Å². The lowest BCUT2D eigenvalue weighted by Gasteiger charge is -2.04. The van der Waals surface area contributed by atoms with Gasteiger partial charge in [0.05, 0.1) is 10.0 Å². The number of carbonyl (C=O) groups excluding carboxylic acids is 2. The van der Waals surface area contributed by atoms with E-state index in [-0.39, 0.29) is 21.4 Å². The van der Waals surface area contributed by atoms with Gasteiger partial charge in [-0.3, -0.25) is 9.59 Å². The second-order valence-electron chi connectivity index (χ2n) is 4.57. The molecule has 0 aliphatic carbocycles. The second-order valence-corrected chi connectivity index (χ2v) is 5.38. The van der Waals surface area contributed by atoms with Crippen molar-refractivity contribution in [2.24, 2.45) is 0 Å². The summed E-state index contributed by atoms with van der Waals surface area (Å²) in [6, 6.07) is 7.34. The molecule has 0 saturated heterocycles. The van der Waals surface area contributed by atoms with Crippen LogP contribution < -0.4 is 10.6 Å². The van der Waals surface area contributed by atoms with Gasteiger partial charge in [0.2, 0.25) is 11.8 Å². The van der Waals surface area contributed by atoms with Crippen LogP contribution in [0.3, 0.4) is 0 Å². The van der Waals surface area contributed by atoms with Crippen molar-refractivity contribution < 1.29 is 18.4 Å². The molecule has 0 aliphatic heterocycles. The first-order valence-corrected chi connectivity index (χ1v) is 7.31. The van der Waals surface area contributed by atoms with E-state index in [9.17, 15) is 18.4 Å². The first-order chi connectivity index (χ1) is 11.3. The molecule has 2 rings (SSSR count). The van der Waals surface area contributed by atoms with Crippen LogP contribution in [-0.4, -0.2) is 11.8 Å². The van der Waals surface area contributed by atoms with Gasteiger partial charge in [0.25, 0.3) is 0 Å². The SMILES string of the molecule is O=C(/C=C/C(=O)Nc1ccc(F)c(Cl)c1)Nc1ccc(F)c(Cl)c1. The van der Waals surface area contributed by atoms with Gasteiger partial charge in [-0.2, -0.15) is 0 Å². The van der Waals surface area contributed by atoms with Crippen molar-refractivity contribution in [1.82, 2.24) is 0 Å². The Morgan fingerprint density at radius 3 is 1.50 bits per heavy atom. The van der Waals surface area contributed by atoms with Crippen molar-refractivity contribution in [3.05, 3.63) is 70.2 Å². The zero-order chi connectivity index (χ0) is 17.7. The lowest BCUT2D eigenvalue weighted by Crippen LogP contribution is -2.12. The van der Waals surface area contributed by atoms with Crippen LogP contribution in [0.2, 0.25) is 10.0 Å². The molecule has 4 nitrogen and oxygen atoms in total. The molecular formula is C16H10Cl2F2N2O2. The van der Waals surface area contributed by atoms with E-state index in [0.29, 0.717) is 0 Å². The van der Waals surface area contributed by atoms with Crippen LogP contribution in [0.1, 0.15) is 0 Å². The van der Waals surface area contributed by atoms with Crippen LogP contribution in [0.15, 0.2) is 48.6 Å². The average molecular weight is 371 g/mol. The van der Waals surface area contributed by atoms with E-state index in [2.05, 4.69) is 10.6 Å². The van der Waals surface area contributed by atoms with E-state index < -0.39 is 23.4 Å². The fourth-order valence-electron chi connectivity index (χ4n) is 1.67. The molecule has 2 N–H and O–H groups in total. The van der Waals surface area contributed by atoms with E-state index in [4.69, 9.17) is 23.2 Å². The first-order valence-electron chi connectivity index (χ1n) is 6.55. The summed E-state index contributed by atoms with van der Waals surface area (Å²) in [5.74, 6) is -2.43. The van der Waals surface area contributed by atoms with Gasteiger partial charge >= 0.3 is 0 Å². The number of carbonyl (C=O) groups is 2. The van der Waals surface area contributed by atoms with Crippen LogP contribution >= 0.6 is 23.2 Å². The third kappa shape index (κ3) is 5.04. The predicted octanol–water partition coefficient (Wildman–Crippen LogP) is 4.41. The maximum Gasteiger partial charge on any atom is 0.248 e. The fraction of sp³-hybridized carbons (Fsp3) is 0. The van der Waals surface area contributed by atoms with Gasteiger partial charge < -0.3 is 10.6 Å². The third-order valence-electron chi connectivity index (χ3n) is 2.76. The summed E-state index contributed by atoms with van der Waals surface area (Å²) in [7, 11) is 0. The molecule has 0 radical (unpaired) electrons. The molecule has 0 bridgehead atoms. The van der Waals surface area contributed by atoms with Gasteiger partial charge in [-0.05, 0) is 36.4 Å². The highest BCUT2D eigenvalue weighted by Crippen LogP contribution is 2.20. The molecule has 0 spiro atoms. The van der Waals surface area contributed by atoms with Crippen molar-refractivity contribution in [3.8, 4) is 0 Å². The number of hydrogen-bond acceptors (Lipinski definition) is 2. The molecule has 0 heterocycles. The second kappa shape index (κ2) is 7.90. The van der Waals surface area contributed by atoms with Crippen LogP contribution in [0.4, 0.5) is 20.2 Å². The molecule has 0 saturated carbocycles. The van der Waals surface area contributed by atoms with Crippen molar-refractivity contribution in [3.63, 3.8) is 0 Å². The van der Waals surface area contributed by atoms with Gasteiger partial charge in [0.1, 0.15) is 11.6 Å². The quantitative estimate of drug-likeness (QED) is 0.783. The zero-order valence-electron chi connectivity index (χ0n) is 11.9. The van der Waals surface area contributed by atoms with Crippen LogP contribution in [0, 0.1) is 11.6 Å². The number of benzene rings is 2. The summed E-state index contributed by atoms with van der Waals surface area (Å²) < 4.78 is 26.0. The number of nitrogens with one attached hydrogen (secondary N) is 2. The summed E-state index contributed by atoms with van der Waals surface area (Å²) in [5.41, 5.74) is 0.559. The highest BCUT2D eigenvalue weighted by atomic mass is 35.5. The molecule has 2 amide bonds. The Hall–Kier alpha value is -2.44. The fourth-order valence-corrected chi connectivity index (χ4v) is 2.03. The lowest BCUT2D eigenvalue weighted by molar-refractivity contribution is -0.114. The Bertz CT molecular complexity index is 758. The topological polar surface area (TPSA) is 58.2 Å². The van der Waals surface area contributed by atoms with E-state index in [1.807, 2.05) is 0 Å². The smallest absolute Gasteiger partial charge is 0.248 e. The lowest BCUT2D eigenvalue weighted by atomic mass is 10.3. The highest BCUT2D eigenvalue weighted by molar-refractivity contribution is 6.31. The Kier molecular flexibility index (Phi) is 5.89. The number of hydrogen-bond donors (Lipinski definition) is 2. The van der Waals surface area contributed by atoms with Gasteiger partial charge in [-0.25, -0.2) is 8.78 Å². The number of amides is 2. The molecule has 24 heavy (non-hydrogen) atoms. The largest absolute Gasteiger partial charge is 0.322 e. The van der Waals surface area contributed by atoms with Crippen molar-refractivity contribution in [1.29, 1.82) is 0 Å².